The highest BCUT2D eigenvalue weighted by Gasteiger charge is 2.18. The van der Waals surface area contributed by atoms with Crippen LogP contribution in [0.1, 0.15) is 10.5 Å². The number of carbonyl (C=O) groups excluding carboxylic acids is 1. The molecular formula is C17H11N5OS. The van der Waals surface area contributed by atoms with Crippen molar-refractivity contribution >= 4 is 28.5 Å². The number of pyridine rings is 1. The monoisotopic (exact) mass is 333 g/mol. The van der Waals surface area contributed by atoms with E-state index in [0.29, 0.717) is 10.7 Å². The van der Waals surface area contributed by atoms with E-state index >= 15 is 0 Å². The van der Waals surface area contributed by atoms with Crippen molar-refractivity contribution in [3.05, 3.63) is 65.9 Å². The number of benzene rings is 1. The zero-order valence-corrected chi connectivity index (χ0v) is 13.2. The van der Waals surface area contributed by atoms with Crippen LogP contribution in [0, 0.1) is 11.3 Å². The number of rotatable bonds is 5. The first kappa shape index (κ1) is 15.5. The molecule has 0 atom stereocenters. The predicted molar refractivity (Wildman–Crippen MR) is 92.8 cm³/mol. The molecule has 1 N–H and O–H groups in total. The molecule has 3 aromatic rings. The molecule has 0 bridgehead atoms. The zero-order chi connectivity index (χ0) is 16.8. The van der Waals surface area contributed by atoms with Crippen molar-refractivity contribution in [1.82, 2.24) is 9.97 Å². The first-order valence-electron chi connectivity index (χ1n) is 6.97. The number of hydrogen-bond acceptors (Lipinski definition) is 7. The van der Waals surface area contributed by atoms with Crippen LogP contribution >= 0.6 is 11.3 Å². The molecule has 0 unspecified atom stereocenters. The van der Waals surface area contributed by atoms with E-state index in [-0.39, 0.29) is 11.4 Å². The van der Waals surface area contributed by atoms with Gasteiger partial charge in [0.1, 0.15) is 16.8 Å². The quantitative estimate of drug-likeness (QED) is 0.439. The molecule has 0 spiro atoms. The number of para-hydroxylation sites is 1. The molecule has 0 radical (unpaired) electrons. The smallest absolute Gasteiger partial charge is 0.243 e. The molecule has 7 heteroatoms. The van der Waals surface area contributed by atoms with Crippen molar-refractivity contribution in [3.63, 3.8) is 0 Å². The van der Waals surface area contributed by atoms with Gasteiger partial charge in [-0.15, -0.1) is 11.3 Å². The van der Waals surface area contributed by atoms with Gasteiger partial charge in [-0.1, -0.05) is 18.2 Å². The van der Waals surface area contributed by atoms with Gasteiger partial charge in [-0.05, 0) is 24.3 Å². The van der Waals surface area contributed by atoms with E-state index in [1.54, 1.807) is 36.0 Å². The van der Waals surface area contributed by atoms with Gasteiger partial charge >= 0.3 is 0 Å². The number of nitrogens with zero attached hydrogens (tertiary/aromatic N) is 4. The van der Waals surface area contributed by atoms with Crippen molar-refractivity contribution in [2.75, 3.05) is 5.43 Å². The van der Waals surface area contributed by atoms with E-state index in [9.17, 15) is 10.1 Å². The minimum atomic E-state index is -0.521. The van der Waals surface area contributed by atoms with Crippen LogP contribution in [0.4, 0.5) is 5.69 Å². The Morgan fingerprint density at radius 3 is 2.75 bits per heavy atom. The molecule has 0 aliphatic carbocycles. The fourth-order valence-corrected chi connectivity index (χ4v) is 2.67. The van der Waals surface area contributed by atoms with E-state index < -0.39 is 5.78 Å². The SMILES string of the molecule is N#CC(=NNc1ccccc1)C(=O)c1csc(-c2cccnc2)n1. The molecule has 0 amide bonds. The van der Waals surface area contributed by atoms with Gasteiger partial charge in [-0.25, -0.2) is 4.98 Å². The summed E-state index contributed by atoms with van der Waals surface area (Å²) in [6, 6.07) is 14.5. The van der Waals surface area contributed by atoms with E-state index in [2.05, 4.69) is 20.5 Å². The average molecular weight is 333 g/mol. The van der Waals surface area contributed by atoms with Crippen molar-refractivity contribution in [1.29, 1.82) is 5.26 Å². The number of hydrazone groups is 1. The first-order chi connectivity index (χ1) is 11.8. The lowest BCUT2D eigenvalue weighted by molar-refractivity contribution is 0.106. The maximum absolute atomic E-state index is 12.4. The Balaban J connectivity index is 1.80. The van der Waals surface area contributed by atoms with E-state index in [1.165, 1.54) is 11.3 Å². The molecule has 0 aliphatic rings. The van der Waals surface area contributed by atoms with Gasteiger partial charge in [0.05, 0.1) is 5.69 Å². The third-order valence-electron chi connectivity index (χ3n) is 3.04. The maximum atomic E-state index is 12.4. The number of aromatic nitrogens is 2. The number of nitrogens with one attached hydrogen (secondary N) is 1. The van der Waals surface area contributed by atoms with Gasteiger partial charge in [0.25, 0.3) is 0 Å². The molecule has 3 rings (SSSR count). The van der Waals surface area contributed by atoms with Gasteiger partial charge in [0, 0.05) is 23.3 Å². The fraction of sp³-hybridized carbons (Fsp3) is 0. The first-order valence-corrected chi connectivity index (χ1v) is 7.85. The number of thiazole rings is 1. The molecule has 6 nitrogen and oxygen atoms in total. The van der Waals surface area contributed by atoms with Gasteiger partial charge in [-0.3, -0.25) is 15.2 Å². The highest BCUT2D eigenvalue weighted by molar-refractivity contribution is 7.13. The number of anilines is 1. The van der Waals surface area contributed by atoms with Gasteiger partial charge in [0.15, 0.2) is 0 Å². The Kier molecular flexibility index (Phi) is 4.70. The minimum absolute atomic E-state index is 0.189. The van der Waals surface area contributed by atoms with Gasteiger partial charge in [0.2, 0.25) is 11.5 Å². The van der Waals surface area contributed by atoms with Crippen LogP contribution in [0.2, 0.25) is 0 Å². The second-order valence-corrected chi connectivity index (χ2v) is 5.52. The van der Waals surface area contributed by atoms with Crippen LogP contribution in [0.15, 0.2) is 65.3 Å². The zero-order valence-electron chi connectivity index (χ0n) is 12.4. The van der Waals surface area contributed by atoms with Crippen LogP contribution in [0.25, 0.3) is 10.6 Å². The molecule has 0 saturated carbocycles. The maximum Gasteiger partial charge on any atom is 0.243 e. The lowest BCUT2D eigenvalue weighted by Crippen LogP contribution is -2.14. The topological polar surface area (TPSA) is 91.0 Å². The summed E-state index contributed by atoms with van der Waals surface area (Å²) in [6.07, 6.45) is 3.34. The van der Waals surface area contributed by atoms with Gasteiger partial charge < -0.3 is 0 Å². The van der Waals surface area contributed by atoms with Crippen LogP contribution in [0.3, 0.4) is 0 Å². The number of carbonyl (C=O) groups is 1. The summed E-state index contributed by atoms with van der Waals surface area (Å²) >= 11 is 1.32. The van der Waals surface area contributed by atoms with E-state index in [1.807, 2.05) is 30.3 Å². The third kappa shape index (κ3) is 3.51. The average Bonchev–Trinajstić information content (AvgIpc) is 3.14. The Labute approximate surface area is 142 Å². The Hall–Kier alpha value is -3.37. The highest BCUT2D eigenvalue weighted by atomic mass is 32.1. The molecule has 2 aromatic heterocycles. The van der Waals surface area contributed by atoms with Gasteiger partial charge in [-0.2, -0.15) is 10.4 Å². The van der Waals surface area contributed by atoms with Crippen LogP contribution < -0.4 is 5.43 Å². The number of nitriles is 1. The highest BCUT2D eigenvalue weighted by Crippen LogP contribution is 2.23. The van der Waals surface area contributed by atoms with Crippen LogP contribution in [-0.2, 0) is 0 Å². The number of ketones is 1. The summed E-state index contributed by atoms with van der Waals surface area (Å²) in [4.78, 5) is 20.7. The normalized spacial score (nSPS) is 10.9. The minimum Gasteiger partial charge on any atom is -0.284 e. The second-order valence-electron chi connectivity index (χ2n) is 4.66. The molecule has 0 saturated heterocycles. The van der Waals surface area contributed by atoms with Crippen LogP contribution in [-0.4, -0.2) is 21.5 Å². The summed E-state index contributed by atoms with van der Waals surface area (Å²) in [5.41, 5.74) is 4.14. The molecule has 2 heterocycles. The fourth-order valence-electron chi connectivity index (χ4n) is 1.88. The lowest BCUT2D eigenvalue weighted by atomic mass is 10.2. The summed E-state index contributed by atoms with van der Waals surface area (Å²) in [5, 5.41) is 15.3. The summed E-state index contributed by atoms with van der Waals surface area (Å²) in [7, 11) is 0. The Morgan fingerprint density at radius 1 is 1.21 bits per heavy atom. The van der Waals surface area contributed by atoms with Crippen molar-refractivity contribution in [3.8, 4) is 16.6 Å². The molecule has 116 valence electrons. The molecule has 0 aliphatic heterocycles. The molecular weight excluding hydrogens is 322 g/mol. The Morgan fingerprint density at radius 2 is 2.04 bits per heavy atom. The Bertz CT molecular complexity index is 913. The molecule has 1 aromatic carbocycles. The van der Waals surface area contributed by atoms with Crippen LogP contribution in [0.5, 0.6) is 0 Å². The van der Waals surface area contributed by atoms with E-state index in [4.69, 9.17) is 0 Å². The lowest BCUT2D eigenvalue weighted by Gasteiger charge is -1.99. The summed E-state index contributed by atoms with van der Waals surface area (Å²) in [5.74, 6) is -0.521. The summed E-state index contributed by atoms with van der Waals surface area (Å²) in [6.45, 7) is 0. The largest absolute Gasteiger partial charge is 0.284 e. The predicted octanol–water partition coefficient (Wildman–Crippen LogP) is 3.38. The third-order valence-corrected chi connectivity index (χ3v) is 3.93. The number of hydrogen-bond donors (Lipinski definition) is 1. The van der Waals surface area contributed by atoms with Crippen molar-refractivity contribution < 1.29 is 4.79 Å². The summed E-state index contributed by atoms with van der Waals surface area (Å²) < 4.78 is 0. The van der Waals surface area contributed by atoms with Crippen molar-refractivity contribution in [2.45, 2.75) is 0 Å². The standard InChI is InChI=1S/C17H11N5OS/c18-9-14(22-21-13-6-2-1-3-7-13)16(23)15-11-24-17(20-15)12-5-4-8-19-10-12/h1-8,10-11,21H. The number of Topliss-reactive ketones (excluding diaryl/α,β-unsaturated/α-hetero) is 1. The molecule has 24 heavy (non-hydrogen) atoms. The molecule has 0 fully saturated rings. The van der Waals surface area contributed by atoms with Crippen molar-refractivity contribution in [2.24, 2.45) is 5.10 Å². The second kappa shape index (κ2) is 7.26. The van der Waals surface area contributed by atoms with E-state index in [0.717, 1.165) is 5.56 Å².